The number of hydrogen-bond donors (Lipinski definition) is 2. The van der Waals surface area contributed by atoms with E-state index < -0.39 is 0 Å². The van der Waals surface area contributed by atoms with Crippen LogP contribution in [0.3, 0.4) is 0 Å². The lowest BCUT2D eigenvalue weighted by Crippen LogP contribution is -2.19. The highest BCUT2D eigenvalue weighted by atomic mass is 35.5. The minimum Gasteiger partial charge on any atom is -0.382 e. The molecule has 0 aliphatic rings. The molecule has 0 bridgehead atoms. The number of nitrogens with one attached hydrogen (secondary N) is 1. The number of carbonyl (C=O) groups is 1. The number of halogens is 1. The van der Waals surface area contributed by atoms with E-state index in [4.69, 9.17) is 17.3 Å². The zero-order valence-electron chi connectivity index (χ0n) is 9.85. The first-order valence-corrected chi connectivity index (χ1v) is 5.77. The quantitative estimate of drug-likeness (QED) is 0.891. The fraction of sp³-hybridized carbons (Fsp3) is 0.167. The van der Waals surface area contributed by atoms with Gasteiger partial charge in [-0.3, -0.25) is 9.48 Å². The lowest BCUT2D eigenvalue weighted by Gasteiger charge is -2.08. The standard InChI is InChI=1S/C12H13ClN4O/c1-8-6-9(13)2-3-10(8)15-12(18)7-17-5-4-11(14)16-17/h2-6H,7H2,1H3,(H2,14,16)(H,15,18). The molecule has 0 aliphatic carbocycles. The van der Waals surface area contributed by atoms with Crippen LogP contribution in [-0.2, 0) is 11.3 Å². The smallest absolute Gasteiger partial charge is 0.246 e. The van der Waals surface area contributed by atoms with Gasteiger partial charge >= 0.3 is 0 Å². The fourth-order valence-corrected chi connectivity index (χ4v) is 1.80. The van der Waals surface area contributed by atoms with Crippen molar-refractivity contribution in [2.75, 3.05) is 11.1 Å². The van der Waals surface area contributed by atoms with Crippen LogP contribution in [0, 0.1) is 6.92 Å². The summed E-state index contributed by atoms with van der Waals surface area (Å²) in [6, 6.07) is 6.94. The highest BCUT2D eigenvalue weighted by Gasteiger charge is 2.06. The van der Waals surface area contributed by atoms with Crippen molar-refractivity contribution in [1.82, 2.24) is 9.78 Å². The highest BCUT2D eigenvalue weighted by molar-refractivity contribution is 6.30. The van der Waals surface area contributed by atoms with Crippen LogP contribution in [0.15, 0.2) is 30.5 Å². The van der Waals surface area contributed by atoms with Crippen molar-refractivity contribution < 1.29 is 4.79 Å². The molecule has 0 radical (unpaired) electrons. The summed E-state index contributed by atoms with van der Waals surface area (Å²) in [7, 11) is 0. The molecule has 1 aromatic heterocycles. The topological polar surface area (TPSA) is 72.9 Å². The van der Waals surface area contributed by atoms with Crippen LogP contribution in [0.5, 0.6) is 0 Å². The minimum atomic E-state index is -0.163. The average molecular weight is 265 g/mol. The summed E-state index contributed by atoms with van der Waals surface area (Å²) in [5.41, 5.74) is 7.12. The van der Waals surface area contributed by atoms with Gasteiger partial charge in [-0.25, -0.2) is 0 Å². The summed E-state index contributed by atoms with van der Waals surface area (Å²) in [4.78, 5) is 11.8. The molecule has 0 fully saturated rings. The van der Waals surface area contributed by atoms with Gasteiger partial charge in [0.25, 0.3) is 0 Å². The summed E-state index contributed by atoms with van der Waals surface area (Å²) in [5, 5.41) is 7.38. The van der Waals surface area contributed by atoms with Gasteiger partial charge in [-0.05, 0) is 36.8 Å². The van der Waals surface area contributed by atoms with Gasteiger partial charge in [0.05, 0.1) is 0 Å². The Balaban J connectivity index is 2.03. The molecule has 3 N–H and O–H groups in total. The van der Waals surface area contributed by atoms with Crippen molar-refractivity contribution in [2.45, 2.75) is 13.5 Å². The molecular formula is C12H13ClN4O. The van der Waals surface area contributed by atoms with Crippen molar-refractivity contribution in [3.8, 4) is 0 Å². The number of carbonyl (C=O) groups excluding carboxylic acids is 1. The molecular weight excluding hydrogens is 252 g/mol. The van der Waals surface area contributed by atoms with E-state index in [0.29, 0.717) is 10.8 Å². The summed E-state index contributed by atoms with van der Waals surface area (Å²) in [5.74, 6) is 0.231. The van der Waals surface area contributed by atoms with E-state index in [1.54, 1.807) is 30.5 Å². The molecule has 0 atom stereocenters. The lowest BCUT2D eigenvalue weighted by molar-refractivity contribution is -0.116. The Hall–Kier alpha value is -2.01. The number of rotatable bonds is 3. The third-order valence-electron chi connectivity index (χ3n) is 2.43. The molecule has 0 unspecified atom stereocenters. The van der Waals surface area contributed by atoms with E-state index in [1.807, 2.05) is 6.92 Å². The first-order chi connectivity index (χ1) is 8.54. The van der Waals surface area contributed by atoms with Crippen molar-refractivity contribution in [3.63, 3.8) is 0 Å². The van der Waals surface area contributed by atoms with Crippen LogP contribution >= 0.6 is 11.6 Å². The van der Waals surface area contributed by atoms with Crippen molar-refractivity contribution in [2.24, 2.45) is 0 Å². The molecule has 0 aliphatic heterocycles. The van der Waals surface area contributed by atoms with Crippen LogP contribution in [0.1, 0.15) is 5.56 Å². The van der Waals surface area contributed by atoms with E-state index in [0.717, 1.165) is 11.3 Å². The lowest BCUT2D eigenvalue weighted by atomic mass is 10.2. The number of nitrogen functional groups attached to an aromatic ring is 1. The molecule has 0 spiro atoms. The van der Waals surface area contributed by atoms with Crippen LogP contribution in [0.4, 0.5) is 11.5 Å². The van der Waals surface area contributed by atoms with E-state index >= 15 is 0 Å². The van der Waals surface area contributed by atoms with Crippen molar-refractivity contribution in [3.05, 3.63) is 41.0 Å². The van der Waals surface area contributed by atoms with Gasteiger partial charge in [-0.1, -0.05) is 11.6 Å². The Morgan fingerprint density at radius 3 is 2.89 bits per heavy atom. The number of aryl methyl sites for hydroxylation is 1. The number of hydrogen-bond acceptors (Lipinski definition) is 3. The summed E-state index contributed by atoms with van der Waals surface area (Å²) in [6.45, 7) is 2.01. The van der Waals surface area contributed by atoms with E-state index in [9.17, 15) is 4.79 Å². The Bertz CT molecular complexity index is 579. The Kier molecular flexibility index (Phi) is 3.53. The number of benzene rings is 1. The monoisotopic (exact) mass is 264 g/mol. The second-order valence-corrected chi connectivity index (χ2v) is 4.38. The van der Waals surface area contributed by atoms with Gasteiger partial charge in [0, 0.05) is 16.9 Å². The van der Waals surface area contributed by atoms with Gasteiger partial charge in [-0.2, -0.15) is 5.10 Å². The number of nitrogens with zero attached hydrogens (tertiary/aromatic N) is 2. The maximum atomic E-state index is 11.8. The van der Waals surface area contributed by atoms with Crippen LogP contribution < -0.4 is 11.1 Å². The molecule has 94 valence electrons. The highest BCUT2D eigenvalue weighted by Crippen LogP contribution is 2.19. The van der Waals surface area contributed by atoms with Gasteiger partial charge < -0.3 is 11.1 Å². The van der Waals surface area contributed by atoms with Gasteiger partial charge in [0.1, 0.15) is 12.4 Å². The summed E-state index contributed by atoms with van der Waals surface area (Å²) >= 11 is 5.85. The second kappa shape index (κ2) is 5.10. The molecule has 2 aromatic rings. The minimum absolute atomic E-state index is 0.124. The number of amides is 1. The van der Waals surface area contributed by atoms with Crippen molar-refractivity contribution >= 4 is 29.0 Å². The molecule has 18 heavy (non-hydrogen) atoms. The number of aromatic nitrogens is 2. The maximum Gasteiger partial charge on any atom is 0.246 e. The maximum absolute atomic E-state index is 11.8. The van der Waals surface area contributed by atoms with Crippen LogP contribution in [-0.4, -0.2) is 15.7 Å². The third kappa shape index (κ3) is 3.01. The fourth-order valence-electron chi connectivity index (χ4n) is 1.57. The van der Waals surface area contributed by atoms with E-state index in [2.05, 4.69) is 10.4 Å². The molecule has 2 rings (SSSR count). The van der Waals surface area contributed by atoms with E-state index in [-0.39, 0.29) is 12.5 Å². The predicted octanol–water partition coefficient (Wildman–Crippen LogP) is 2.07. The normalized spacial score (nSPS) is 10.3. The Morgan fingerprint density at radius 1 is 1.50 bits per heavy atom. The zero-order valence-corrected chi connectivity index (χ0v) is 10.6. The molecule has 1 heterocycles. The first-order valence-electron chi connectivity index (χ1n) is 5.39. The van der Waals surface area contributed by atoms with Gasteiger partial charge in [0.15, 0.2) is 0 Å². The summed E-state index contributed by atoms with van der Waals surface area (Å²) < 4.78 is 1.48. The second-order valence-electron chi connectivity index (χ2n) is 3.95. The van der Waals surface area contributed by atoms with Gasteiger partial charge in [-0.15, -0.1) is 0 Å². The molecule has 1 amide bonds. The first kappa shape index (κ1) is 12.4. The SMILES string of the molecule is Cc1cc(Cl)ccc1NC(=O)Cn1ccc(N)n1. The summed E-state index contributed by atoms with van der Waals surface area (Å²) in [6.07, 6.45) is 1.66. The molecule has 1 aromatic carbocycles. The third-order valence-corrected chi connectivity index (χ3v) is 2.66. The molecule has 0 saturated heterocycles. The van der Waals surface area contributed by atoms with Crippen LogP contribution in [0.25, 0.3) is 0 Å². The predicted molar refractivity (Wildman–Crippen MR) is 71.5 cm³/mol. The number of anilines is 2. The average Bonchev–Trinajstić information content (AvgIpc) is 2.68. The van der Waals surface area contributed by atoms with Gasteiger partial charge in [0.2, 0.25) is 5.91 Å². The zero-order chi connectivity index (χ0) is 13.1. The molecule has 0 saturated carbocycles. The Labute approximate surface area is 110 Å². The van der Waals surface area contributed by atoms with Crippen molar-refractivity contribution in [1.29, 1.82) is 0 Å². The largest absolute Gasteiger partial charge is 0.382 e. The Morgan fingerprint density at radius 2 is 2.28 bits per heavy atom. The van der Waals surface area contributed by atoms with Crippen LogP contribution in [0.2, 0.25) is 5.02 Å². The van der Waals surface area contributed by atoms with E-state index in [1.165, 1.54) is 4.68 Å². The number of nitrogens with two attached hydrogens (primary N) is 1. The molecule has 5 nitrogen and oxygen atoms in total. The molecule has 6 heteroatoms.